The fourth-order valence-electron chi connectivity index (χ4n) is 2.51. The molecule has 4 heteroatoms. The number of hydrogen-bond acceptors (Lipinski definition) is 2. The number of nitrogens with one attached hydrogen (secondary N) is 1. The van der Waals surface area contributed by atoms with Crippen LogP contribution in [0.25, 0.3) is 0 Å². The second-order valence-electron chi connectivity index (χ2n) is 5.22. The Morgan fingerprint density at radius 1 is 1.42 bits per heavy atom. The van der Waals surface area contributed by atoms with E-state index in [-0.39, 0.29) is 23.7 Å². The quantitative estimate of drug-likeness (QED) is 0.909. The fourth-order valence-corrected chi connectivity index (χ4v) is 2.51. The molecule has 0 aromatic heterocycles. The normalized spacial score (nSPS) is 20.9. The zero-order chi connectivity index (χ0) is 13.8. The molecule has 1 aromatic rings. The van der Waals surface area contributed by atoms with Crippen molar-refractivity contribution in [2.75, 3.05) is 20.1 Å². The molecule has 0 bridgehead atoms. The molecule has 1 aromatic carbocycles. The van der Waals surface area contributed by atoms with Gasteiger partial charge in [0, 0.05) is 13.6 Å². The molecule has 19 heavy (non-hydrogen) atoms. The Labute approximate surface area is 113 Å². The summed E-state index contributed by atoms with van der Waals surface area (Å²) in [4.78, 5) is 14.2. The lowest BCUT2D eigenvalue weighted by atomic mass is 9.97. The van der Waals surface area contributed by atoms with Gasteiger partial charge >= 0.3 is 0 Å². The smallest absolute Gasteiger partial charge is 0.227 e. The molecular weight excluding hydrogens is 243 g/mol. The van der Waals surface area contributed by atoms with Crippen LogP contribution >= 0.6 is 0 Å². The maximum Gasteiger partial charge on any atom is 0.227 e. The number of rotatable bonds is 3. The van der Waals surface area contributed by atoms with Crippen LogP contribution in [-0.4, -0.2) is 30.9 Å². The van der Waals surface area contributed by atoms with E-state index in [0.717, 1.165) is 31.5 Å². The Balaban J connectivity index is 2.03. The molecule has 1 heterocycles. The van der Waals surface area contributed by atoms with E-state index in [4.69, 9.17) is 0 Å². The Bertz CT molecular complexity index is 426. The van der Waals surface area contributed by atoms with Crippen molar-refractivity contribution in [2.45, 2.75) is 25.8 Å². The highest BCUT2D eigenvalue weighted by molar-refractivity contribution is 5.79. The second-order valence-corrected chi connectivity index (χ2v) is 5.22. The fraction of sp³-hybridized carbons (Fsp3) is 0.533. The third-order valence-electron chi connectivity index (χ3n) is 3.93. The molecule has 1 saturated heterocycles. The zero-order valence-electron chi connectivity index (χ0n) is 11.5. The van der Waals surface area contributed by atoms with Crippen LogP contribution in [-0.2, 0) is 4.79 Å². The lowest BCUT2D eigenvalue weighted by Crippen LogP contribution is -2.42. The van der Waals surface area contributed by atoms with Crippen molar-refractivity contribution in [3.05, 3.63) is 35.6 Å². The predicted octanol–water partition coefficient (Wildman–Crippen LogP) is 2.34. The molecule has 0 spiro atoms. The molecule has 1 N–H and O–H groups in total. The molecule has 0 radical (unpaired) electrons. The summed E-state index contributed by atoms with van der Waals surface area (Å²) in [7, 11) is 1.82. The number of hydrogen-bond donors (Lipinski definition) is 1. The predicted molar refractivity (Wildman–Crippen MR) is 73.2 cm³/mol. The summed E-state index contributed by atoms with van der Waals surface area (Å²) < 4.78 is 12.9. The van der Waals surface area contributed by atoms with Crippen molar-refractivity contribution >= 4 is 5.91 Å². The van der Waals surface area contributed by atoms with Crippen LogP contribution in [0.3, 0.4) is 0 Å². The summed E-state index contributed by atoms with van der Waals surface area (Å²) in [6, 6.07) is 6.32. The number of carbonyl (C=O) groups is 1. The lowest BCUT2D eigenvalue weighted by Gasteiger charge is -2.31. The summed E-state index contributed by atoms with van der Waals surface area (Å²) in [6.07, 6.45) is 2.00. The first-order valence-electron chi connectivity index (χ1n) is 6.82. The highest BCUT2D eigenvalue weighted by atomic mass is 19.1. The standard InChI is InChI=1S/C15H21FN2O/c1-11(12-5-7-14(16)8-6-12)18(2)15(19)13-4-3-9-17-10-13/h5-8,11,13,17H,3-4,9-10H2,1-2H3/t11?,13-/m1/s1. The molecule has 1 aliphatic rings. The van der Waals surface area contributed by atoms with E-state index in [1.54, 1.807) is 17.0 Å². The van der Waals surface area contributed by atoms with Gasteiger partial charge in [0.05, 0.1) is 12.0 Å². The monoisotopic (exact) mass is 264 g/mol. The molecule has 3 nitrogen and oxygen atoms in total. The third-order valence-corrected chi connectivity index (χ3v) is 3.93. The molecule has 0 saturated carbocycles. The second kappa shape index (κ2) is 6.15. The maximum atomic E-state index is 12.9. The largest absolute Gasteiger partial charge is 0.339 e. The molecule has 0 aliphatic carbocycles. The average molecular weight is 264 g/mol. The van der Waals surface area contributed by atoms with Crippen molar-refractivity contribution in [3.63, 3.8) is 0 Å². The van der Waals surface area contributed by atoms with Gasteiger partial charge in [0.15, 0.2) is 0 Å². The van der Waals surface area contributed by atoms with Crippen LogP contribution in [0, 0.1) is 11.7 Å². The first-order valence-corrected chi connectivity index (χ1v) is 6.82. The summed E-state index contributed by atoms with van der Waals surface area (Å²) in [6.45, 7) is 3.74. The molecular formula is C15H21FN2O. The molecule has 1 fully saturated rings. The average Bonchev–Trinajstić information content (AvgIpc) is 2.46. The van der Waals surface area contributed by atoms with Gasteiger partial charge in [-0.1, -0.05) is 12.1 Å². The van der Waals surface area contributed by atoms with E-state index >= 15 is 0 Å². The molecule has 1 unspecified atom stereocenters. The third kappa shape index (κ3) is 3.32. The number of amides is 1. The first-order chi connectivity index (χ1) is 9.09. The van der Waals surface area contributed by atoms with E-state index < -0.39 is 0 Å². The van der Waals surface area contributed by atoms with Crippen LogP contribution in [0.15, 0.2) is 24.3 Å². The van der Waals surface area contributed by atoms with Crippen molar-refractivity contribution < 1.29 is 9.18 Å². The zero-order valence-corrected chi connectivity index (χ0v) is 11.5. The molecule has 104 valence electrons. The Morgan fingerprint density at radius 3 is 2.68 bits per heavy atom. The SMILES string of the molecule is CC(c1ccc(F)cc1)N(C)C(=O)[C@@H]1CCCNC1. The van der Waals surface area contributed by atoms with Gasteiger partial charge in [-0.3, -0.25) is 4.79 Å². The number of piperidine rings is 1. The van der Waals surface area contributed by atoms with Gasteiger partial charge in [-0.25, -0.2) is 4.39 Å². The van der Waals surface area contributed by atoms with Crippen LogP contribution in [0.4, 0.5) is 4.39 Å². The number of nitrogens with zero attached hydrogens (tertiary/aromatic N) is 1. The minimum Gasteiger partial charge on any atom is -0.339 e. The summed E-state index contributed by atoms with van der Waals surface area (Å²) in [5, 5.41) is 3.26. The number of halogens is 1. The van der Waals surface area contributed by atoms with Gasteiger partial charge in [0.1, 0.15) is 5.82 Å². The lowest BCUT2D eigenvalue weighted by molar-refractivity contribution is -0.136. The van der Waals surface area contributed by atoms with Crippen LogP contribution in [0.5, 0.6) is 0 Å². The summed E-state index contributed by atoms with van der Waals surface area (Å²) in [5.74, 6) is -0.00733. The van der Waals surface area contributed by atoms with Gasteiger partial charge in [0.25, 0.3) is 0 Å². The van der Waals surface area contributed by atoms with Crippen molar-refractivity contribution in [1.29, 1.82) is 0 Å². The van der Waals surface area contributed by atoms with Crippen LogP contribution in [0.1, 0.15) is 31.4 Å². The van der Waals surface area contributed by atoms with Crippen LogP contribution in [0.2, 0.25) is 0 Å². The highest BCUT2D eigenvalue weighted by Crippen LogP contribution is 2.22. The van der Waals surface area contributed by atoms with Gasteiger partial charge in [-0.05, 0) is 44.0 Å². The Kier molecular flexibility index (Phi) is 4.53. The van der Waals surface area contributed by atoms with E-state index in [1.165, 1.54) is 12.1 Å². The van der Waals surface area contributed by atoms with Gasteiger partial charge < -0.3 is 10.2 Å². The number of carbonyl (C=O) groups excluding carboxylic acids is 1. The van der Waals surface area contributed by atoms with E-state index in [9.17, 15) is 9.18 Å². The minimum atomic E-state index is -0.249. The first kappa shape index (κ1) is 14.0. The van der Waals surface area contributed by atoms with Crippen molar-refractivity contribution in [3.8, 4) is 0 Å². The highest BCUT2D eigenvalue weighted by Gasteiger charge is 2.26. The topological polar surface area (TPSA) is 32.3 Å². The Morgan fingerprint density at radius 2 is 2.11 bits per heavy atom. The molecule has 2 rings (SSSR count). The van der Waals surface area contributed by atoms with E-state index in [0.29, 0.717) is 0 Å². The van der Waals surface area contributed by atoms with Gasteiger partial charge in [0.2, 0.25) is 5.91 Å². The number of benzene rings is 1. The van der Waals surface area contributed by atoms with Gasteiger partial charge in [-0.15, -0.1) is 0 Å². The van der Waals surface area contributed by atoms with E-state index in [1.807, 2.05) is 14.0 Å². The maximum absolute atomic E-state index is 12.9. The van der Waals surface area contributed by atoms with Crippen LogP contribution < -0.4 is 5.32 Å². The molecule has 2 atom stereocenters. The van der Waals surface area contributed by atoms with E-state index in [2.05, 4.69) is 5.32 Å². The summed E-state index contributed by atoms with van der Waals surface area (Å²) >= 11 is 0. The van der Waals surface area contributed by atoms with Crippen molar-refractivity contribution in [2.24, 2.45) is 5.92 Å². The van der Waals surface area contributed by atoms with Crippen molar-refractivity contribution in [1.82, 2.24) is 10.2 Å². The summed E-state index contributed by atoms with van der Waals surface area (Å²) in [5.41, 5.74) is 0.959. The molecule has 1 amide bonds. The Hall–Kier alpha value is -1.42. The van der Waals surface area contributed by atoms with Gasteiger partial charge in [-0.2, -0.15) is 0 Å². The molecule has 1 aliphatic heterocycles. The minimum absolute atomic E-state index is 0.0324.